The lowest BCUT2D eigenvalue weighted by Gasteiger charge is -2.21. The third-order valence-electron chi connectivity index (χ3n) is 6.60. The average molecular weight is 509 g/mol. The molecule has 0 spiro atoms. The Morgan fingerprint density at radius 2 is 1.57 bits per heavy atom. The predicted octanol–water partition coefficient (Wildman–Crippen LogP) is 7.59. The van der Waals surface area contributed by atoms with Crippen molar-refractivity contribution in [3.63, 3.8) is 0 Å². The Hall–Kier alpha value is -3.19. The van der Waals surface area contributed by atoms with E-state index in [-0.39, 0.29) is 11.5 Å². The number of rotatable bonds is 17. The van der Waals surface area contributed by atoms with Crippen LogP contribution in [-0.2, 0) is 6.42 Å². The number of hydrogen-bond donors (Lipinski definition) is 0. The summed E-state index contributed by atoms with van der Waals surface area (Å²) in [4.78, 5) is 26.9. The van der Waals surface area contributed by atoms with Crippen LogP contribution in [0.1, 0.15) is 87.4 Å². The number of unbranched alkanes of at least 4 members (excludes halogenated alkanes) is 3. The minimum absolute atomic E-state index is 0.0592. The topological polar surface area (TPSA) is 85.8 Å². The Morgan fingerprint density at radius 1 is 0.919 bits per heavy atom. The molecule has 0 radical (unpaired) electrons. The number of benzene rings is 2. The third kappa shape index (κ3) is 7.89. The maximum Gasteiger partial charge on any atom is 0.270 e. The number of ether oxygens (including phenoxy) is 1. The van der Waals surface area contributed by atoms with Crippen LogP contribution in [0.15, 0.2) is 46.9 Å². The first kappa shape index (κ1) is 28.4. The van der Waals surface area contributed by atoms with Crippen molar-refractivity contribution in [1.29, 1.82) is 0 Å². The predicted molar refractivity (Wildman–Crippen MR) is 148 cm³/mol. The summed E-state index contributed by atoms with van der Waals surface area (Å²) in [6, 6.07) is 11.6. The van der Waals surface area contributed by atoms with Gasteiger partial charge in [0.15, 0.2) is 5.78 Å². The van der Waals surface area contributed by atoms with Gasteiger partial charge in [0.1, 0.15) is 17.1 Å². The van der Waals surface area contributed by atoms with E-state index in [0.717, 1.165) is 44.6 Å². The fourth-order valence-electron chi connectivity index (χ4n) is 4.44. The lowest BCUT2D eigenvalue weighted by molar-refractivity contribution is -0.384. The molecule has 0 aliphatic heterocycles. The van der Waals surface area contributed by atoms with Crippen LogP contribution in [0.25, 0.3) is 11.0 Å². The highest BCUT2D eigenvalue weighted by Crippen LogP contribution is 2.32. The number of nitro benzene ring substituents is 1. The Labute approximate surface area is 219 Å². The smallest absolute Gasteiger partial charge is 0.270 e. The molecular formula is C30H40N2O5. The van der Waals surface area contributed by atoms with Crippen molar-refractivity contribution in [2.75, 3.05) is 26.2 Å². The van der Waals surface area contributed by atoms with Crippen molar-refractivity contribution in [3.05, 3.63) is 69.5 Å². The summed E-state index contributed by atoms with van der Waals surface area (Å²) in [6.45, 7) is 10.4. The van der Waals surface area contributed by atoms with E-state index in [2.05, 4.69) is 25.7 Å². The van der Waals surface area contributed by atoms with Gasteiger partial charge in [-0.1, -0.05) is 40.0 Å². The zero-order valence-electron chi connectivity index (χ0n) is 22.5. The molecule has 0 aliphatic carbocycles. The Balaban J connectivity index is 1.68. The molecule has 1 heterocycles. The molecule has 3 aromatic rings. The highest BCUT2D eigenvalue weighted by atomic mass is 16.6. The Morgan fingerprint density at radius 3 is 2.19 bits per heavy atom. The molecule has 0 N–H and O–H groups in total. The summed E-state index contributed by atoms with van der Waals surface area (Å²) in [5, 5.41) is 11.8. The number of hydrogen-bond acceptors (Lipinski definition) is 6. The molecule has 0 atom stereocenters. The number of carbonyl (C=O) groups is 1. The molecule has 3 rings (SSSR count). The van der Waals surface area contributed by atoms with Crippen LogP contribution in [-0.4, -0.2) is 41.8 Å². The first-order valence-corrected chi connectivity index (χ1v) is 13.7. The lowest BCUT2D eigenvalue weighted by atomic mass is 9.98. The molecule has 0 saturated heterocycles. The number of carbonyl (C=O) groups excluding carboxylic acids is 1. The van der Waals surface area contributed by atoms with Crippen LogP contribution in [0.4, 0.5) is 5.69 Å². The van der Waals surface area contributed by atoms with Gasteiger partial charge in [-0.2, -0.15) is 0 Å². The number of nitrogens with zero attached hydrogens (tertiary/aromatic N) is 2. The van der Waals surface area contributed by atoms with Gasteiger partial charge in [-0.3, -0.25) is 14.9 Å². The molecule has 0 aliphatic rings. The van der Waals surface area contributed by atoms with Crippen molar-refractivity contribution in [3.8, 4) is 5.75 Å². The molecule has 0 amide bonds. The van der Waals surface area contributed by atoms with E-state index in [4.69, 9.17) is 9.15 Å². The van der Waals surface area contributed by atoms with Crippen molar-refractivity contribution >= 4 is 22.4 Å². The van der Waals surface area contributed by atoms with Crippen LogP contribution >= 0.6 is 0 Å². The third-order valence-corrected chi connectivity index (χ3v) is 6.60. The van der Waals surface area contributed by atoms with Gasteiger partial charge in [0.2, 0.25) is 0 Å². The van der Waals surface area contributed by atoms with E-state index in [1.54, 1.807) is 18.2 Å². The van der Waals surface area contributed by atoms with Gasteiger partial charge in [0.05, 0.1) is 17.1 Å². The fourth-order valence-corrected chi connectivity index (χ4v) is 4.44. The summed E-state index contributed by atoms with van der Waals surface area (Å²) in [5.41, 5.74) is 1.35. The van der Waals surface area contributed by atoms with Gasteiger partial charge in [-0.05, 0) is 69.1 Å². The molecule has 2 aromatic carbocycles. The summed E-state index contributed by atoms with van der Waals surface area (Å²) >= 11 is 0. The van der Waals surface area contributed by atoms with Gasteiger partial charge in [-0.15, -0.1) is 0 Å². The van der Waals surface area contributed by atoms with E-state index in [0.29, 0.717) is 40.9 Å². The second-order valence-corrected chi connectivity index (χ2v) is 9.55. The normalized spacial score (nSPS) is 11.4. The SMILES string of the molecule is CCCCc1oc2ccc([N+](=O)[O-])cc2c1C(=O)c1ccc(OCCCN(CCCC)CCCC)cc1. The molecule has 0 fully saturated rings. The number of non-ortho nitro benzene ring substituents is 1. The molecule has 200 valence electrons. The molecule has 7 nitrogen and oxygen atoms in total. The number of nitro groups is 1. The van der Waals surface area contributed by atoms with Gasteiger partial charge in [-0.25, -0.2) is 0 Å². The highest BCUT2D eigenvalue weighted by Gasteiger charge is 2.23. The summed E-state index contributed by atoms with van der Waals surface area (Å²) in [5.74, 6) is 1.11. The van der Waals surface area contributed by atoms with Crippen molar-refractivity contribution in [1.82, 2.24) is 4.90 Å². The summed E-state index contributed by atoms with van der Waals surface area (Å²) < 4.78 is 11.9. The van der Waals surface area contributed by atoms with Crippen LogP contribution in [0.5, 0.6) is 5.75 Å². The van der Waals surface area contributed by atoms with E-state index < -0.39 is 4.92 Å². The summed E-state index contributed by atoms with van der Waals surface area (Å²) in [7, 11) is 0. The largest absolute Gasteiger partial charge is 0.494 e. The molecule has 0 unspecified atom stereocenters. The van der Waals surface area contributed by atoms with Gasteiger partial charge < -0.3 is 14.1 Å². The maximum atomic E-state index is 13.5. The van der Waals surface area contributed by atoms with E-state index in [1.165, 1.54) is 37.8 Å². The lowest BCUT2D eigenvalue weighted by Crippen LogP contribution is -2.28. The first-order valence-electron chi connectivity index (χ1n) is 13.7. The molecule has 7 heteroatoms. The van der Waals surface area contributed by atoms with Crippen LogP contribution in [0.3, 0.4) is 0 Å². The molecule has 0 saturated carbocycles. The fraction of sp³-hybridized carbons (Fsp3) is 0.500. The van der Waals surface area contributed by atoms with Crippen molar-refractivity contribution < 1.29 is 18.9 Å². The molecule has 0 bridgehead atoms. The molecule has 37 heavy (non-hydrogen) atoms. The highest BCUT2D eigenvalue weighted by molar-refractivity contribution is 6.17. The first-order chi connectivity index (χ1) is 18.0. The maximum absolute atomic E-state index is 13.5. The zero-order valence-corrected chi connectivity index (χ0v) is 22.5. The van der Waals surface area contributed by atoms with Crippen molar-refractivity contribution in [2.45, 2.75) is 72.1 Å². The van der Waals surface area contributed by atoms with Crippen molar-refractivity contribution in [2.24, 2.45) is 0 Å². The number of fused-ring (bicyclic) bond motifs is 1. The van der Waals surface area contributed by atoms with E-state index in [1.807, 2.05) is 12.1 Å². The second kappa shape index (κ2) is 14.5. The average Bonchev–Trinajstić information content (AvgIpc) is 3.28. The van der Waals surface area contributed by atoms with Gasteiger partial charge >= 0.3 is 0 Å². The number of ketones is 1. The standard InChI is InChI=1S/C30H40N2O5/c1-4-7-11-28-29(26-22-24(32(34)35)14-17-27(26)37-28)30(33)23-12-15-25(16-13-23)36-21-10-20-31(18-8-5-2)19-9-6-3/h12-17,22H,4-11,18-21H2,1-3H3. The monoisotopic (exact) mass is 508 g/mol. The Bertz CT molecular complexity index is 1140. The van der Waals surface area contributed by atoms with Crippen LogP contribution in [0.2, 0.25) is 0 Å². The van der Waals surface area contributed by atoms with Crippen LogP contribution in [0, 0.1) is 10.1 Å². The minimum atomic E-state index is -0.453. The quantitative estimate of drug-likeness (QED) is 0.0808. The van der Waals surface area contributed by atoms with Gasteiger partial charge in [0.25, 0.3) is 5.69 Å². The van der Waals surface area contributed by atoms with E-state index >= 15 is 0 Å². The minimum Gasteiger partial charge on any atom is -0.494 e. The van der Waals surface area contributed by atoms with Crippen LogP contribution < -0.4 is 4.74 Å². The molecule has 1 aromatic heterocycles. The van der Waals surface area contributed by atoms with E-state index in [9.17, 15) is 14.9 Å². The number of furan rings is 1. The zero-order chi connectivity index (χ0) is 26.6. The van der Waals surface area contributed by atoms with Gasteiger partial charge in [0, 0.05) is 36.0 Å². The molecular weight excluding hydrogens is 468 g/mol. The summed E-state index contributed by atoms with van der Waals surface area (Å²) in [6.07, 6.45) is 8.23. The number of aryl methyl sites for hydroxylation is 1. The second-order valence-electron chi connectivity index (χ2n) is 9.55. The Kier molecular flexibility index (Phi) is 11.1.